The lowest BCUT2D eigenvalue weighted by Crippen LogP contribution is -2.35. The monoisotopic (exact) mass is 307 g/mol. The van der Waals surface area contributed by atoms with Gasteiger partial charge >= 0.3 is 10.3 Å². The summed E-state index contributed by atoms with van der Waals surface area (Å²) >= 11 is 0. The summed E-state index contributed by atoms with van der Waals surface area (Å²) in [5.74, 6) is 0.694. The summed E-state index contributed by atoms with van der Waals surface area (Å²) in [4.78, 5) is 0. The number of rotatable bonds is 0. The van der Waals surface area contributed by atoms with Gasteiger partial charge < -0.3 is 9.29 Å². The minimum Gasteiger partial charge on any atom is -0.393 e. The van der Waals surface area contributed by atoms with E-state index in [2.05, 4.69) is 11.3 Å². The van der Waals surface area contributed by atoms with E-state index in [0.29, 0.717) is 11.7 Å². The number of hydrogen-bond acceptors (Lipinski definition) is 4. The molecule has 6 heteroatoms. The van der Waals surface area contributed by atoms with Crippen LogP contribution in [-0.4, -0.2) is 25.8 Å². The van der Waals surface area contributed by atoms with Gasteiger partial charge in [0.2, 0.25) is 0 Å². The molecule has 3 aliphatic rings. The van der Waals surface area contributed by atoms with Crippen LogP contribution >= 0.6 is 0 Å². The fraction of sp³-hybridized carbons (Fsp3) is 0.533. The molecule has 0 radical (unpaired) electrons. The Morgan fingerprint density at radius 3 is 3.00 bits per heavy atom. The van der Waals surface area contributed by atoms with Gasteiger partial charge in [-0.1, -0.05) is 13.0 Å². The van der Waals surface area contributed by atoms with Gasteiger partial charge in [0.1, 0.15) is 0 Å². The average Bonchev–Trinajstić information content (AvgIpc) is 2.73. The molecule has 1 N–H and O–H groups in total. The molecule has 1 fully saturated rings. The van der Waals surface area contributed by atoms with E-state index >= 15 is 0 Å². The third kappa shape index (κ3) is 1.78. The molecule has 4 rings (SSSR count). The van der Waals surface area contributed by atoms with Crippen molar-refractivity contribution in [1.82, 2.24) is 0 Å². The predicted molar refractivity (Wildman–Crippen MR) is 78.0 cm³/mol. The first kappa shape index (κ1) is 13.3. The van der Waals surface area contributed by atoms with Crippen LogP contribution < -0.4 is 4.18 Å². The number of aliphatic hydroxyl groups excluding tert-OH is 1. The summed E-state index contributed by atoms with van der Waals surface area (Å²) in [6.45, 7) is 2.16. The van der Waals surface area contributed by atoms with E-state index in [1.807, 2.05) is 6.07 Å². The maximum Gasteiger partial charge on any atom is 0.428 e. The first-order valence-electron chi connectivity index (χ1n) is 7.24. The minimum atomic E-state index is -3.83. The van der Waals surface area contributed by atoms with Crippen molar-refractivity contribution < 1.29 is 17.7 Å². The highest BCUT2D eigenvalue weighted by Gasteiger charge is 2.49. The van der Waals surface area contributed by atoms with Crippen LogP contribution in [0.3, 0.4) is 0 Å². The summed E-state index contributed by atoms with van der Waals surface area (Å²) < 4.78 is 31.3. The lowest BCUT2D eigenvalue weighted by atomic mass is 9.65. The van der Waals surface area contributed by atoms with E-state index in [4.69, 9.17) is 4.18 Å². The van der Waals surface area contributed by atoms with Crippen molar-refractivity contribution in [1.29, 1.82) is 0 Å². The van der Waals surface area contributed by atoms with Crippen LogP contribution in [0.25, 0.3) is 0 Å². The summed E-state index contributed by atoms with van der Waals surface area (Å²) in [6.07, 6.45) is 4.68. The van der Waals surface area contributed by atoms with Gasteiger partial charge in [-0.25, -0.2) is 0 Å². The van der Waals surface area contributed by atoms with Crippen LogP contribution in [0.15, 0.2) is 16.5 Å². The molecule has 3 atom stereocenters. The van der Waals surface area contributed by atoms with E-state index in [1.165, 1.54) is 11.8 Å². The average molecular weight is 307 g/mol. The Morgan fingerprint density at radius 2 is 2.19 bits per heavy atom. The number of fused-ring (bicyclic) bond motifs is 5. The molecular formula is C15H17NO4S. The van der Waals surface area contributed by atoms with Crippen molar-refractivity contribution in [3.8, 4) is 5.75 Å². The molecule has 1 heterocycles. The van der Waals surface area contributed by atoms with Crippen LogP contribution in [0.1, 0.15) is 48.8 Å². The maximum atomic E-state index is 11.4. The Hall–Kier alpha value is -1.40. The van der Waals surface area contributed by atoms with Crippen LogP contribution in [0.2, 0.25) is 0 Å². The van der Waals surface area contributed by atoms with E-state index in [1.54, 1.807) is 6.07 Å². The highest BCUT2D eigenvalue weighted by molar-refractivity contribution is 7.86. The number of aliphatic hydroxyl groups is 1. The van der Waals surface area contributed by atoms with Gasteiger partial charge in [-0.2, -0.15) is 8.42 Å². The number of hydrogen-bond donors (Lipinski definition) is 1. The Kier molecular flexibility index (Phi) is 2.58. The van der Waals surface area contributed by atoms with Gasteiger partial charge in [0.25, 0.3) is 0 Å². The molecule has 1 aliphatic heterocycles. The molecule has 0 unspecified atom stereocenters. The molecule has 0 amide bonds. The normalized spacial score (nSPS) is 35.5. The molecule has 0 spiro atoms. The molecule has 5 nitrogen and oxygen atoms in total. The molecule has 2 aliphatic carbocycles. The first-order valence-corrected chi connectivity index (χ1v) is 8.61. The Labute approximate surface area is 123 Å². The smallest absolute Gasteiger partial charge is 0.393 e. The van der Waals surface area contributed by atoms with Crippen LogP contribution in [0.5, 0.6) is 5.75 Å². The topological polar surface area (TPSA) is 76.0 Å². The van der Waals surface area contributed by atoms with E-state index in [-0.39, 0.29) is 11.5 Å². The lowest BCUT2D eigenvalue weighted by Gasteiger charge is -2.40. The van der Waals surface area contributed by atoms with Gasteiger partial charge in [0.05, 0.1) is 12.3 Å². The van der Waals surface area contributed by atoms with E-state index in [9.17, 15) is 13.5 Å². The van der Waals surface area contributed by atoms with E-state index < -0.39 is 10.3 Å². The van der Waals surface area contributed by atoms with Crippen LogP contribution in [0.4, 0.5) is 0 Å². The quantitative estimate of drug-likeness (QED) is 0.794. The molecule has 1 saturated carbocycles. The Morgan fingerprint density at radius 1 is 1.38 bits per heavy atom. The second-order valence-electron chi connectivity index (χ2n) is 6.44. The first-order chi connectivity index (χ1) is 9.91. The SMILES string of the molecule is C[C@]12CCc3c(ccc4c3C=NS(=O)(=O)O4)[C@@H]1CC[C@@H]2O. The van der Waals surface area contributed by atoms with Gasteiger partial charge in [0.15, 0.2) is 5.75 Å². The fourth-order valence-corrected chi connectivity index (χ4v) is 4.84. The highest BCUT2D eigenvalue weighted by atomic mass is 32.2. The Balaban J connectivity index is 1.86. The molecular weight excluding hydrogens is 290 g/mol. The van der Waals surface area contributed by atoms with Crippen molar-refractivity contribution in [2.45, 2.75) is 44.6 Å². The largest absolute Gasteiger partial charge is 0.428 e. The molecule has 0 aromatic heterocycles. The molecule has 0 bridgehead atoms. The van der Waals surface area contributed by atoms with Crippen molar-refractivity contribution in [2.24, 2.45) is 9.81 Å². The zero-order chi connectivity index (χ0) is 14.8. The summed E-state index contributed by atoms with van der Waals surface area (Å²) in [7, 11) is -3.83. The third-order valence-electron chi connectivity index (χ3n) is 5.43. The summed E-state index contributed by atoms with van der Waals surface area (Å²) in [5, 5.41) is 10.3. The van der Waals surface area contributed by atoms with Gasteiger partial charge in [-0.15, -0.1) is 4.40 Å². The molecule has 112 valence electrons. The van der Waals surface area contributed by atoms with Crippen LogP contribution in [-0.2, 0) is 16.7 Å². The Bertz CT molecular complexity index is 755. The number of benzene rings is 1. The van der Waals surface area contributed by atoms with Gasteiger partial charge in [-0.3, -0.25) is 0 Å². The predicted octanol–water partition coefficient (Wildman–Crippen LogP) is 1.93. The highest BCUT2D eigenvalue weighted by Crippen LogP contribution is 2.56. The van der Waals surface area contributed by atoms with Crippen molar-refractivity contribution >= 4 is 16.5 Å². The maximum absolute atomic E-state index is 11.4. The third-order valence-corrected chi connectivity index (χ3v) is 6.19. The molecule has 1 aromatic rings. The number of nitrogens with zero attached hydrogens (tertiary/aromatic N) is 1. The van der Waals surface area contributed by atoms with E-state index in [0.717, 1.165) is 36.8 Å². The fourth-order valence-electron chi connectivity index (χ4n) is 4.19. The second-order valence-corrected chi connectivity index (χ2v) is 7.68. The summed E-state index contributed by atoms with van der Waals surface area (Å²) in [6, 6.07) is 3.68. The lowest BCUT2D eigenvalue weighted by molar-refractivity contribution is 0.0457. The van der Waals surface area contributed by atoms with Crippen molar-refractivity contribution in [3.05, 3.63) is 28.8 Å². The molecule has 1 aromatic carbocycles. The zero-order valence-electron chi connectivity index (χ0n) is 11.7. The molecule has 0 saturated heterocycles. The zero-order valence-corrected chi connectivity index (χ0v) is 12.6. The van der Waals surface area contributed by atoms with Crippen LogP contribution in [0, 0.1) is 5.41 Å². The van der Waals surface area contributed by atoms with Crippen molar-refractivity contribution in [3.63, 3.8) is 0 Å². The standard InChI is InChI=1S/C15H17NO4S/c1-15-7-6-9-10(12(15)3-5-14(15)17)2-4-13-11(9)8-16-21(18,19)20-13/h2,4,8,12,14,17H,3,5-7H2,1H3/t12-,14-,15-/m0/s1. The summed E-state index contributed by atoms with van der Waals surface area (Å²) in [5.41, 5.74) is 3.06. The molecule has 21 heavy (non-hydrogen) atoms. The minimum absolute atomic E-state index is 0.0695. The van der Waals surface area contributed by atoms with Gasteiger partial charge in [0, 0.05) is 11.0 Å². The van der Waals surface area contributed by atoms with Gasteiger partial charge in [-0.05, 0) is 48.8 Å². The van der Waals surface area contributed by atoms with Crippen molar-refractivity contribution in [2.75, 3.05) is 0 Å². The second kappa shape index (κ2) is 4.08.